The zero-order valence-corrected chi connectivity index (χ0v) is 14.2. The van der Waals surface area contributed by atoms with Gasteiger partial charge in [-0.25, -0.2) is 9.50 Å². The SMILES string of the molecule is CCOc1ccc(-c2cn3nc(C4CCCCC4)sc3n2)cc1. The maximum Gasteiger partial charge on any atom is 0.212 e. The highest BCUT2D eigenvalue weighted by Gasteiger charge is 2.20. The number of benzene rings is 1. The van der Waals surface area contributed by atoms with Gasteiger partial charge in [0.1, 0.15) is 10.8 Å². The number of imidazole rings is 1. The van der Waals surface area contributed by atoms with Crippen LogP contribution in [0.1, 0.15) is 50.0 Å². The molecule has 120 valence electrons. The highest BCUT2D eigenvalue weighted by atomic mass is 32.1. The number of aromatic nitrogens is 3. The molecular formula is C18H21N3OS. The summed E-state index contributed by atoms with van der Waals surface area (Å²) in [5, 5.41) is 6.03. The Hall–Kier alpha value is -1.88. The zero-order chi connectivity index (χ0) is 15.6. The number of rotatable bonds is 4. The third-order valence-electron chi connectivity index (χ3n) is 4.47. The molecule has 1 aliphatic rings. The Morgan fingerprint density at radius 1 is 1.17 bits per heavy atom. The maximum atomic E-state index is 5.49. The van der Waals surface area contributed by atoms with Gasteiger partial charge in [0, 0.05) is 11.5 Å². The number of ether oxygens (including phenoxy) is 1. The van der Waals surface area contributed by atoms with Crippen molar-refractivity contribution in [3.63, 3.8) is 0 Å². The smallest absolute Gasteiger partial charge is 0.212 e. The van der Waals surface area contributed by atoms with Gasteiger partial charge in [-0.05, 0) is 44.0 Å². The minimum absolute atomic E-state index is 0.643. The highest BCUT2D eigenvalue weighted by Crippen LogP contribution is 2.35. The van der Waals surface area contributed by atoms with Crippen molar-refractivity contribution in [2.45, 2.75) is 44.9 Å². The molecule has 0 atom stereocenters. The van der Waals surface area contributed by atoms with E-state index in [-0.39, 0.29) is 0 Å². The Morgan fingerprint density at radius 2 is 1.96 bits per heavy atom. The van der Waals surface area contributed by atoms with Crippen LogP contribution in [-0.2, 0) is 0 Å². The van der Waals surface area contributed by atoms with E-state index < -0.39 is 0 Å². The summed E-state index contributed by atoms with van der Waals surface area (Å²) >= 11 is 1.75. The molecule has 0 amide bonds. The van der Waals surface area contributed by atoms with Crippen molar-refractivity contribution >= 4 is 16.3 Å². The van der Waals surface area contributed by atoms with Gasteiger partial charge in [-0.2, -0.15) is 5.10 Å². The minimum atomic E-state index is 0.643. The monoisotopic (exact) mass is 327 g/mol. The lowest BCUT2D eigenvalue weighted by molar-refractivity contribution is 0.340. The van der Waals surface area contributed by atoms with E-state index in [1.165, 1.54) is 37.1 Å². The van der Waals surface area contributed by atoms with Crippen molar-refractivity contribution in [1.82, 2.24) is 14.6 Å². The molecule has 1 aromatic carbocycles. The van der Waals surface area contributed by atoms with Gasteiger partial charge in [0.2, 0.25) is 4.96 Å². The first-order valence-electron chi connectivity index (χ1n) is 8.43. The van der Waals surface area contributed by atoms with Crippen LogP contribution >= 0.6 is 11.3 Å². The second-order valence-electron chi connectivity index (χ2n) is 6.09. The van der Waals surface area contributed by atoms with Crippen LogP contribution in [0.3, 0.4) is 0 Å². The molecule has 0 bridgehead atoms. The van der Waals surface area contributed by atoms with Gasteiger partial charge in [-0.1, -0.05) is 30.6 Å². The van der Waals surface area contributed by atoms with Crippen LogP contribution in [0.5, 0.6) is 5.75 Å². The van der Waals surface area contributed by atoms with E-state index in [9.17, 15) is 0 Å². The fourth-order valence-electron chi connectivity index (χ4n) is 3.26. The van der Waals surface area contributed by atoms with Gasteiger partial charge in [0.15, 0.2) is 0 Å². The molecule has 2 heterocycles. The molecule has 0 unspecified atom stereocenters. The number of hydrogen-bond acceptors (Lipinski definition) is 4. The van der Waals surface area contributed by atoms with Gasteiger partial charge in [-0.3, -0.25) is 0 Å². The molecule has 4 nitrogen and oxygen atoms in total. The van der Waals surface area contributed by atoms with Crippen LogP contribution in [0.15, 0.2) is 30.5 Å². The predicted molar refractivity (Wildman–Crippen MR) is 93.3 cm³/mol. The molecule has 0 aliphatic heterocycles. The van der Waals surface area contributed by atoms with Crippen molar-refractivity contribution in [3.05, 3.63) is 35.5 Å². The Morgan fingerprint density at radius 3 is 2.65 bits per heavy atom. The first kappa shape index (κ1) is 14.7. The fourth-order valence-corrected chi connectivity index (χ4v) is 4.31. The lowest BCUT2D eigenvalue weighted by Gasteiger charge is -2.18. The van der Waals surface area contributed by atoms with Crippen LogP contribution in [0, 0.1) is 0 Å². The molecular weight excluding hydrogens is 306 g/mol. The third kappa shape index (κ3) is 2.98. The van der Waals surface area contributed by atoms with E-state index in [2.05, 4.69) is 12.1 Å². The van der Waals surface area contributed by atoms with E-state index in [1.807, 2.05) is 29.8 Å². The van der Waals surface area contributed by atoms with Crippen LogP contribution < -0.4 is 4.74 Å². The third-order valence-corrected chi connectivity index (χ3v) is 5.56. The van der Waals surface area contributed by atoms with E-state index in [0.29, 0.717) is 12.5 Å². The maximum absolute atomic E-state index is 5.49. The average molecular weight is 327 g/mol. The normalized spacial score (nSPS) is 16.0. The van der Waals surface area contributed by atoms with Gasteiger partial charge < -0.3 is 4.74 Å². The van der Waals surface area contributed by atoms with Crippen molar-refractivity contribution in [2.24, 2.45) is 0 Å². The second kappa shape index (κ2) is 6.32. The van der Waals surface area contributed by atoms with E-state index >= 15 is 0 Å². The second-order valence-corrected chi connectivity index (χ2v) is 7.07. The first-order chi connectivity index (χ1) is 11.3. The lowest BCUT2D eigenvalue weighted by atomic mass is 9.90. The molecule has 0 saturated heterocycles. The summed E-state index contributed by atoms with van der Waals surface area (Å²) in [4.78, 5) is 5.75. The molecule has 23 heavy (non-hydrogen) atoms. The number of hydrogen-bond donors (Lipinski definition) is 0. The standard InChI is InChI=1S/C18H21N3OS/c1-2-22-15-10-8-13(9-11-15)16-12-21-18(19-16)23-17(20-21)14-6-4-3-5-7-14/h8-12,14H,2-7H2,1H3. The summed E-state index contributed by atoms with van der Waals surface area (Å²) in [6, 6.07) is 8.10. The van der Waals surface area contributed by atoms with Crippen molar-refractivity contribution in [1.29, 1.82) is 0 Å². The molecule has 4 rings (SSSR count). The van der Waals surface area contributed by atoms with Gasteiger partial charge in [-0.15, -0.1) is 0 Å². The summed E-state index contributed by atoms with van der Waals surface area (Å²) in [6.07, 6.45) is 8.65. The molecule has 1 fully saturated rings. The number of fused-ring (bicyclic) bond motifs is 1. The lowest BCUT2D eigenvalue weighted by Crippen LogP contribution is -2.04. The Labute approximate surface area is 140 Å². The largest absolute Gasteiger partial charge is 0.494 e. The Balaban J connectivity index is 1.58. The van der Waals surface area contributed by atoms with Crippen LogP contribution in [0.2, 0.25) is 0 Å². The molecule has 1 aliphatic carbocycles. The zero-order valence-electron chi connectivity index (χ0n) is 13.4. The van der Waals surface area contributed by atoms with Crippen molar-refractivity contribution in [3.8, 4) is 17.0 Å². The molecule has 0 N–H and O–H groups in total. The van der Waals surface area contributed by atoms with Gasteiger partial charge in [0.25, 0.3) is 0 Å². The highest BCUT2D eigenvalue weighted by molar-refractivity contribution is 7.16. The topological polar surface area (TPSA) is 39.4 Å². The Bertz CT molecular complexity index is 753. The van der Waals surface area contributed by atoms with Gasteiger partial charge >= 0.3 is 0 Å². The summed E-state index contributed by atoms with van der Waals surface area (Å²) in [7, 11) is 0. The molecule has 2 aromatic heterocycles. The molecule has 3 aromatic rings. The quantitative estimate of drug-likeness (QED) is 0.684. The average Bonchev–Trinajstić information content (AvgIpc) is 3.16. The van der Waals surface area contributed by atoms with E-state index in [4.69, 9.17) is 14.8 Å². The minimum Gasteiger partial charge on any atom is -0.494 e. The molecule has 1 saturated carbocycles. The summed E-state index contributed by atoms with van der Waals surface area (Å²) in [5.41, 5.74) is 2.08. The van der Waals surface area contributed by atoms with E-state index in [0.717, 1.165) is 22.0 Å². The summed E-state index contributed by atoms with van der Waals surface area (Å²) in [6.45, 7) is 2.68. The van der Waals surface area contributed by atoms with Crippen molar-refractivity contribution < 1.29 is 4.74 Å². The molecule has 5 heteroatoms. The predicted octanol–water partition coefficient (Wildman–Crippen LogP) is 4.90. The van der Waals surface area contributed by atoms with Crippen LogP contribution in [-0.4, -0.2) is 21.2 Å². The van der Waals surface area contributed by atoms with Crippen molar-refractivity contribution in [2.75, 3.05) is 6.61 Å². The summed E-state index contributed by atoms with van der Waals surface area (Å²) in [5.74, 6) is 1.54. The Kier molecular flexibility index (Phi) is 4.04. The van der Waals surface area contributed by atoms with Crippen LogP contribution in [0.4, 0.5) is 0 Å². The van der Waals surface area contributed by atoms with Crippen LogP contribution in [0.25, 0.3) is 16.2 Å². The van der Waals surface area contributed by atoms with E-state index in [1.54, 1.807) is 11.3 Å². The molecule has 0 spiro atoms. The number of nitrogens with zero attached hydrogens (tertiary/aromatic N) is 3. The summed E-state index contributed by atoms with van der Waals surface area (Å²) < 4.78 is 7.43. The molecule has 0 radical (unpaired) electrons. The first-order valence-corrected chi connectivity index (χ1v) is 9.24. The fraction of sp³-hybridized carbons (Fsp3) is 0.444. The van der Waals surface area contributed by atoms with Gasteiger partial charge in [0.05, 0.1) is 18.5 Å².